The van der Waals surface area contributed by atoms with Gasteiger partial charge in [-0.2, -0.15) is 0 Å². The van der Waals surface area contributed by atoms with E-state index in [1.165, 1.54) is 5.56 Å². The second-order valence-corrected chi connectivity index (χ2v) is 2.94. The predicted molar refractivity (Wildman–Crippen MR) is 57.0 cm³/mol. The van der Waals surface area contributed by atoms with E-state index in [0.29, 0.717) is 0 Å². The van der Waals surface area contributed by atoms with Crippen LogP contribution in [0.5, 0.6) is 0 Å². The molecule has 0 amide bonds. The van der Waals surface area contributed by atoms with Crippen molar-refractivity contribution in [2.75, 3.05) is 0 Å². The molecule has 3 heteroatoms. The van der Waals surface area contributed by atoms with E-state index in [2.05, 4.69) is 19.1 Å². The summed E-state index contributed by atoms with van der Waals surface area (Å²) >= 11 is 0. The van der Waals surface area contributed by atoms with Crippen molar-refractivity contribution in [3.8, 4) is 0 Å². The summed E-state index contributed by atoms with van der Waals surface area (Å²) in [5, 5.41) is 7.42. The molecule has 0 saturated heterocycles. The Kier molecular flexibility index (Phi) is 6.41. The van der Waals surface area contributed by atoms with Gasteiger partial charge in [0.2, 0.25) is 0 Å². The molecule has 1 atom stereocenters. The van der Waals surface area contributed by atoms with Crippen LogP contribution in [0.15, 0.2) is 30.3 Å². The van der Waals surface area contributed by atoms with Gasteiger partial charge in [0, 0.05) is 13.0 Å². The lowest BCUT2D eigenvalue weighted by atomic mass is 10.1. The first-order valence-electron chi connectivity index (χ1n) is 4.58. The fourth-order valence-electron chi connectivity index (χ4n) is 0.936. The Hall–Kier alpha value is -1.35. The van der Waals surface area contributed by atoms with E-state index in [9.17, 15) is 0 Å². The van der Waals surface area contributed by atoms with Crippen LogP contribution in [-0.2, 0) is 4.79 Å². The number of nitrogens with two attached hydrogens (primary N) is 1. The number of carbonyl (C=O) groups is 1. The zero-order valence-electron chi connectivity index (χ0n) is 8.60. The maximum Gasteiger partial charge on any atom is 0.300 e. The van der Waals surface area contributed by atoms with Gasteiger partial charge in [-0.3, -0.25) is 4.79 Å². The number of hydrogen-bond donors (Lipinski definition) is 2. The highest BCUT2D eigenvalue weighted by Crippen LogP contribution is 2.11. The van der Waals surface area contributed by atoms with Crippen LogP contribution >= 0.6 is 0 Å². The van der Waals surface area contributed by atoms with Gasteiger partial charge < -0.3 is 10.8 Å². The van der Waals surface area contributed by atoms with Crippen molar-refractivity contribution >= 4 is 5.97 Å². The number of hydrogen-bond acceptors (Lipinski definition) is 2. The summed E-state index contributed by atoms with van der Waals surface area (Å²) in [6.45, 7) is 3.18. The first-order valence-corrected chi connectivity index (χ1v) is 4.58. The number of rotatable bonds is 2. The number of carboxylic acid groups (broad SMARTS) is 1. The van der Waals surface area contributed by atoms with Crippen molar-refractivity contribution in [1.82, 2.24) is 0 Å². The molecule has 0 heterocycles. The van der Waals surface area contributed by atoms with Crippen LogP contribution in [0.3, 0.4) is 0 Å². The molecule has 1 rings (SSSR count). The number of benzene rings is 1. The first kappa shape index (κ1) is 12.7. The summed E-state index contributed by atoms with van der Waals surface area (Å²) in [6, 6.07) is 10.4. The predicted octanol–water partition coefficient (Wildman–Crippen LogP) is 2.19. The minimum atomic E-state index is -0.833. The van der Waals surface area contributed by atoms with Gasteiger partial charge in [0.15, 0.2) is 0 Å². The fourth-order valence-corrected chi connectivity index (χ4v) is 0.936. The summed E-state index contributed by atoms with van der Waals surface area (Å²) < 4.78 is 0. The monoisotopic (exact) mass is 195 g/mol. The Bertz CT molecular complexity index is 255. The van der Waals surface area contributed by atoms with Crippen molar-refractivity contribution < 1.29 is 9.90 Å². The lowest BCUT2D eigenvalue weighted by molar-refractivity contribution is -0.134. The topological polar surface area (TPSA) is 63.3 Å². The van der Waals surface area contributed by atoms with E-state index >= 15 is 0 Å². The maximum absolute atomic E-state index is 9.00. The summed E-state index contributed by atoms with van der Waals surface area (Å²) in [4.78, 5) is 9.00. The van der Waals surface area contributed by atoms with Gasteiger partial charge in [0.25, 0.3) is 5.97 Å². The molecule has 78 valence electrons. The van der Waals surface area contributed by atoms with Gasteiger partial charge in [-0.15, -0.1) is 0 Å². The smallest absolute Gasteiger partial charge is 0.300 e. The quantitative estimate of drug-likeness (QED) is 0.760. The number of carboxylic acids is 1. The second-order valence-electron chi connectivity index (χ2n) is 2.94. The van der Waals surface area contributed by atoms with Gasteiger partial charge in [-0.05, 0) is 12.0 Å². The molecule has 0 aliphatic carbocycles. The van der Waals surface area contributed by atoms with Gasteiger partial charge in [-0.25, -0.2) is 0 Å². The van der Waals surface area contributed by atoms with E-state index in [1.54, 1.807) is 0 Å². The van der Waals surface area contributed by atoms with Gasteiger partial charge in [0.05, 0.1) is 0 Å². The van der Waals surface area contributed by atoms with Crippen LogP contribution in [-0.4, -0.2) is 11.1 Å². The molecule has 0 spiro atoms. The van der Waals surface area contributed by atoms with Crippen molar-refractivity contribution in [2.24, 2.45) is 5.73 Å². The van der Waals surface area contributed by atoms with Crippen LogP contribution in [0.25, 0.3) is 0 Å². The normalized spacial score (nSPS) is 11.1. The average Bonchev–Trinajstić information content (AvgIpc) is 2.17. The average molecular weight is 195 g/mol. The number of aliphatic carboxylic acids is 1. The zero-order chi connectivity index (χ0) is 11.0. The second kappa shape index (κ2) is 7.09. The van der Waals surface area contributed by atoms with E-state index in [0.717, 1.165) is 13.3 Å². The fraction of sp³-hybridized carbons (Fsp3) is 0.364. The largest absolute Gasteiger partial charge is 0.481 e. The SMILES string of the molecule is CC(=O)O.CCC(N)c1ccccc1. The highest BCUT2D eigenvalue weighted by atomic mass is 16.4. The molecule has 0 saturated carbocycles. The van der Waals surface area contributed by atoms with Gasteiger partial charge >= 0.3 is 0 Å². The van der Waals surface area contributed by atoms with Gasteiger partial charge in [-0.1, -0.05) is 37.3 Å². The van der Waals surface area contributed by atoms with E-state index in [4.69, 9.17) is 15.6 Å². The molecule has 0 aromatic heterocycles. The van der Waals surface area contributed by atoms with Crippen LogP contribution in [0.2, 0.25) is 0 Å². The standard InChI is InChI=1S/C9H13N.C2H4O2/c1-2-9(10)8-6-4-3-5-7-8;1-2(3)4/h3-7,9H,2,10H2,1H3;1H3,(H,3,4). The van der Waals surface area contributed by atoms with E-state index in [1.807, 2.05) is 18.2 Å². The van der Waals surface area contributed by atoms with E-state index in [-0.39, 0.29) is 6.04 Å². The Labute approximate surface area is 84.6 Å². The lowest BCUT2D eigenvalue weighted by Crippen LogP contribution is -2.07. The molecular formula is C11H17NO2. The first-order chi connectivity index (χ1) is 6.57. The Morgan fingerprint density at radius 1 is 1.43 bits per heavy atom. The van der Waals surface area contributed by atoms with Crippen molar-refractivity contribution in [3.05, 3.63) is 35.9 Å². The molecule has 0 fully saturated rings. The van der Waals surface area contributed by atoms with Gasteiger partial charge in [0.1, 0.15) is 0 Å². The third-order valence-electron chi connectivity index (χ3n) is 1.67. The van der Waals surface area contributed by atoms with E-state index < -0.39 is 5.97 Å². The molecular weight excluding hydrogens is 178 g/mol. The highest BCUT2D eigenvalue weighted by Gasteiger charge is 1.99. The minimum Gasteiger partial charge on any atom is -0.481 e. The summed E-state index contributed by atoms with van der Waals surface area (Å²) in [5.41, 5.74) is 7.02. The maximum atomic E-state index is 9.00. The molecule has 3 N–H and O–H groups in total. The Morgan fingerprint density at radius 2 is 1.86 bits per heavy atom. The summed E-state index contributed by atoms with van der Waals surface area (Å²) in [7, 11) is 0. The third kappa shape index (κ3) is 6.20. The molecule has 0 bridgehead atoms. The molecule has 1 aromatic carbocycles. The molecule has 0 aliphatic rings. The van der Waals surface area contributed by atoms with Crippen LogP contribution < -0.4 is 5.73 Å². The molecule has 14 heavy (non-hydrogen) atoms. The molecule has 0 aliphatic heterocycles. The molecule has 1 aromatic rings. The van der Waals surface area contributed by atoms with Crippen LogP contribution in [0, 0.1) is 0 Å². The molecule has 0 radical (unpaired) electrons. The lowest BCUT2D eigenvalue weighted by Gasteiger charge is -2.06. The third-order valence-corrected chi connectivity index (χ3v) is 1.67. The molecule has 3 nitrogen and oxygen atoms in total. The molecule has 1 unspecified atom stereocenters. The highest BCUT2D eigenvalue weighted by molar-refractivity contribution is 5.62. The zero-order valence-corrected chi connectivity index (χ0v) is 8.60. The van der Waals surface area contributed by atoms with Crippen LogP contribution in [0.4, 0.5) is 0 Å². The van der Waals surface area contributed by atoms with Crippen LogP contribution in [0.1, 0.15) is 31.9 Å². The summed E-state index contributed by atoms with van der Waals surface area (Å²) in [6.07, 6.45) is 1.00. The van der Waals surface area contributed by atoms with Crippen molar-refractivity contribution in [1.29, 1.82) is 0 Å². The van der Waals surface area contributed by atoms with Crippen molar-refractivity contribution in [3.63, 3.8) is 0 Å². The Morgan fingerprint density at radius 3 is 2.21 bits per heavy atom. The summed E-state index contributed by atoms with van der Waals surface area (Å²) in [5.74, 6) is -0.833. The Balaban J connectivity index is 0.000000364. The van der Waals surface area contributed by atoms with Crippen molar-refractivity contribution in [2.45, 2.75) is 26.3 Å². The minimum absolute atomic E-state index is 0.209.